The van der Waals surface area contributed by atoms with Gasteiger partial charge in [-0.3, -0.25) is 4.79 Å². The third-order valence-electron chi connectivity index (χ3n) is 8.39. The van der Waals surface area contributed by atoms with Crippen LogP contribution in [0.5, 0.6) is 0 Å². The average Bonchev–Trinajstić information content (AvgIpc) is 3.79. The first-order chi connectivity index (χ1) is 29.2. The first-order valence-corrected chi connectivity index (χ1v) is 23.2. The van der Waals surface area contributed by atoms with Gasteiger partial charge in [-0.05, 0) is 58.9 Å². The molecule has 27 heteroatoms. The number of halogens is 8. The molecule has 0 saturated heterocycles. The van der Waals surface area contributed by atoms with E-state index in [1.165, 1.54) is 46.3 Å². The number of alkyl halides is 6. The van der Waals surface area contributed by atoms with E-state index in [-0.39, 0.29) is 53.5 Å². The van der Waals surface area contributed by atoms with E-state index in [9.17, 15) is 58.0 Å². The van der Waals surface area contributed by atoms with Crippen molar-refractivity contribution >= 4 is 82.5 Å². The van der Waals surface area contributed by atoms with E-state index in [4.69, 9.17) is 23.2 Å². The van der Waals surface area contributed by atoms with Crippen molar-refractivity contribution in [3.05, 3.63) is 115 Å². The van der Waals surface area contributed by atoms with E-state index in [0.29, 0.717) is 26.7 Å². The fourth-order valence-electron chi connectivity index (χ4n) is 5.19. The summed E-state index contributed by atoms with van der Waals surface area (Å²) in [6.45, 7) is 2.73. The molecule has 63 heavy (non-hydrogen) atoms. The highest BCUT2D eigenvalue weighted by Gasteiger charge is 2.41. The van der Waals surface area contributed by atoms with Gasteiger partial charge in [0.05, 0.1) is 16.4 Å². The number of hydrogen-bond acceptors (Lipinski definition) is 12. The highest BCUT2D eigenvalue weighted by Crippen LogP contribution is 2.33. The fourth-order valence-corrected chi connectivity index (χ4v) is 9.12. The minimum atomic E-state index is -4.74. The Morgan fingerprint density at radius 3 is 1.81 bits per heavy atom. The number of carbonyl (C=O) groups is 2. The molecule has 6 rings (SSSR count). The number of carbonyl (C=O) groups excluding carboxylic acids is 2. The molecule has 0 aliphatic carbocycles. The number of aromatic nitrogens is 6. The summed E-state index contributed by atoms with van der Waals surface area (Å²) in [6, 6.07) is 15.2. The summed E-state index contributed by atoms with van der Waals surface area (Å²) >= 11 is 12.0. The molecule has 6 aromatic rings. The lowest BCUT2D eigenvalue weighted by Gasteiger charge is -2.10. The number of nitrogens with one attached hydrogen (secondary N) is 1. The number of hydrogen-bond donors (Lipinski definition) is 1. The van der Waals surface area contributed by atoms with Gasteiger partial charge < -0.3 is 5.21 Å². The molecule has 0 unspecified atom stereocenters. The van der Waals surface area contributed by atoms with Gasteiger partial charge in [-0.2, -0.15) is 46.5 Å². The summed E-state index contributed by atoms with van der Waals surface area (Å²) < 4.78 is 129. The molecule has 0 spiro atoms. The van der Waals surface area contributed by atoms with Crippen molar-refractivity contribution in [2.24, 2.45) is 19.1 Å². The van der Waals surface area contributed by atoms with Gasteiger partial charge in [-0.15, -0.1) is 4.68 Å². The third-order valence-corrected chi connectivity index (χ3v) is 14.5. The molecule has 2 amide bonds. The molecule has 4 heterocycles. The zero-order chi connectivity index (χ0) is 46.8. The van der Waals surface area contributed by atoms with Crippen LogP contribution in [0.1, 0.15) is 44.8 Å². The second-order valence-electron chi connectivity index (χ2n) is 12.7. The molecule has 0 saturated carbocycles. The largest absolute Gasteiger partial charge is 0.618 e. The second kappa shape index (κ2) is 18.8. The first kappa shape index (κ1) is 48.7. The quantitative estimate of drug-likeness (QED) is 0.0919. The summed E-state index contributed by atoms with van der Waals surface area (Å²) in [4.78, 5) is 31.8. The Morgan fingerprint density at radius 1 is 0.810 bits per heavy atom. The molecule has 0 fully saturated rings. The van der Waals surface area contributed by atoms with Gasteiger partial charge in [-0.1, -0.05) is 77.8 Å². The molecule has 4 aromatic heterocycles. The molecule has 2 aromatic carbocycles. The van der Waals surface area contributed by atoms with Crippen LogP contribution in [0, 0.1) is 5.21 Å². The van der Waals surface area contributed by atoms with Crippen molar-refractivity contribution in [1.29, 1.82) is 0 Å². The summed E-state index contributed by atoms with van der Waals surface area (Å²) in [5.41, 5.74) is 0.463. The molecule has 0 radical (unpaired) electrons. The standard InChI is InChI=1S/C18H14ClF3N4O4S2.C18H14ClF3N4O3S2/c1-3-32(29,30)13-8-11(10-4-6-12(19)7-5-10)9-26(28)14(13)15(27)23-17-25(2)24-16(31-17)18(20,21)22;1-3-31(28,29)13-8-11(10-4-6-12(19)7-5-10)9-23-14(13)15(27)24-17-26(2)25-16(30-17)18(20,21)22/h4-9H,3H2,1-2H3;4-9H,3H2,1-2H3/p+1. The number of sulfone groups is 2. The van der Waals surface area contributed by atoms with Crippen LogP contribution in [0.25, 0.3) is 22.3 Å². The summed E-state index contributed by atoms with van der Waals surface area (Å²) in [7, 11) is -5.60. The molecule has 15 nitrogen and oxygen atoms in total. The van der Waals surface area contributed by atoms with Crippen molar-refractivity contribution in [2.45, 2.75) is 36.0 Å². The maximum absolute atomic E-state index is 12.9. The minimum absolute atomic E-state index is 0.0769. The molecule has 334 valence electrons. The van der Waals surface area contributed by atoms with Gasteiger partial charge in [-0.25, -0.2) is 31.3 Å². The monoisotopic (exact) mass is 997 g/mol. The van der Waals surface area contributed by atoms with Gasteiger partial charge in [0.15, 0.2) is 25.9 Å². The molecule has 1 N–H and O–H groups in total. The smallest absolute Gasteiger partial charge is 0.447 e. The maximum atomic E-state index is 12.9. The lowest BCUT2D eigenvalue weighted by atomic mass is 10.1. The normalized spacial score (nSPS) is 12.5. The predicted octanol–water partition coefficient (Wildman–Crippen LogP) is 6.74. The Kier molecular flexibility index (Phi) is 14.5. The van der Waals surface area contributed by atoms with E-state index >= 15 is 0 Å². The molecular formula is C36H29Cl2F6N8O7S4+. The number of anilines is 1. The molecule has 0 aliphatic rings. The van der Waals surface area contributed by atoms with Gasteiger partial charge in [0.1, 0.15) is 17.6 Å². The van der Waals surface area contributed by atoms with E-state index < -0.39 is 75.9 Å². The fraction of sp³-hybridized carbons (Fsp3) is 0.222. The number of aryl methyl sites for hydroxylation is 2. The molecule has 0 atom stereocenters. The van der Waals surface area contributed by atoms with Crippen LogP contribution >= 0.6 is 45.9 Å². The summed E-state index contributed by atoms with van der Waals surface area (Å²) in [6.07, 6.45) is -7.15. The van der Waals surface area contributed by atoms with Crippen LogP contribution < -0.4 is 19.5 Å². The topological polar surface area (TPSA) is 201 Å². The van der Waals surface area contributed by atoms with Crippen LogP contribution in [-0.2, 0) is 46.1 Å². The summed E-state index contributed by atoms with van der Waals surface area (Å²) in [5.74, 6) is -3.01. The van der Waals surface area contributed by atoms with Gasteiger partial charge in [0.25, 0.3) is 5.91 Å². The number of rotatable bonds is 9. The Morgan fingerprint density at radius 2 is 1.32 bits per heavy atom. The number of pyridine rings is 2. The Balaban J connectivity index is 0.000000238. The second-order valence-corrected chi connectivity index (χ2v) is 20.0. The zero-order valence-electron chi connectivity index (χ0n) is 32.5. The third kappa shape index (κ3) is 11.4. The van der Waals surface area contributed by atoms with Crippen molar-refractivity contribution < 1.29 is 62.2 Å². The predicted molar refractivity (Wildman–Crippen MR) is 218 cm³/mol. The van der Waals surface area contributed by atoms with E-state index in [1.807, 2.05) is 0 Å². The lowest BCUT2D eigenvalue weighted by molar-refractivity contribution is -0.713. The Labute approximate surface area is 371 Å². The van der Waals surface area contributed by atoms with Gasteiger partial charge >= 0.3 is 29.1 Å². The molecule has 0 bridgehead atoms. The van der Waals surface area contributed by atoms with Gasteiger partial charge in [0.2, 0.25) is 14.8 Å². The van der Waals surface area contributed by atoms with Crippen molar-refractivity contribution in [2.75, 3.05) is 16.8 Å². The van der Waals surface area contributed by atoms with E-state index in [1.54, 1.807) is 48.5 Å². The van der Waals surface area contributed by atoms with Crippen LogP contribution in [0.4, 0.5) is 31.5 Å². The highest BCUT2D eigenvalue weighted by molar-refractivity contribution is 7.91. The molecule has 0 aliphatic heterocycles. The van der Waals surface area contributed by atoms with E-state index in [0.717, 1.165) is 15.6 Å². The first-order valence-electron chi connectivity index (χ1n) is 17.5. The van der Waals surface area contributed by atoms with Crippen LogP contribution in [-0.4, -0.2) is 60.0 Å². The highest BCUT2D eigenvalue weighted by atomic mass is 35.5. The summed E-state index contributed by atoms with van der Waals surface area (Å²) in [5, 5.41) is 19.6. The van der Waals surface area contributed by atoms with Crippen LogP contribution in [0.15, 0.2) is 87.8 Å². The van der Waals surface area contributed by atoms with Crippen molar-refractivity contribution in [3.63, 3.8) is 0 Å². The Hall–Kier alpha value is -5.34. The van der Waals surface area contributed by atoms with Gasteiger partial charge in [0, 0.05) is 34.4 Å². The SMILES string of the molecule is CCS(=O)(=O)c1cc(-c2ccc(Cl)cc2)c[n+]([O-])c1C(=O)Nc1sc(C(F)(F)F)n[n+]1C.CCS(=O)(=O)c1cc(-c2ccc(Cl)cc2)cnc1C(=O)N=c1sc(C(F)(F)F)nn1C. The number of benzene rings is 2. The Bertz CT molecular complexity index is 3010. The van der Waals surface area contributed by atoms with Crippen molar-refractivity contribution in [3.8, 4) is 22.3 Å². The van der Waals surface area contributed by atoms with E-state index in [2.05, 4.69) is 25.5 Å². The van der Waals surface area contributed by atoms with Crippen molar-refractivity contribution in [1.82, 2.24) is 19.9 Å². The maximum Gasteiger partial charge on any atom is 0.447 e. The molecular weight excluding hydrogens is 970 g/mol. The number of amides is 2. The lowest BCUT2D eigenvalue weighted by Crippen LogP contribution is -2.41. The number of nitrogens with zero attached hydrogens (tertiary/aromatic N) is 7. The van der Waals surface area contributed by atoms with Crippen LogP contribution in [0.2, 0.25) is 10.0 Å². The van der Waals surface area contributed by atoms with Crippen LogP contribution in [0.3, 0.4) is 0 Å². The zero-order valence-corrected chi connectivity index (χ0v) is 37.3. The minimum Gasteiger partial charge on any atom is -0.618 e. The average molecular weight is 999 g/mol.